The van der Waals surface area contributed by atoms with Gasteiger partial charge in [-0.15, -0.1) is 24.8 Å². The fraction of sp³-hybridized carbons (Fsp3) is 0.875. The fourth-order valence-electron chi connectivity index (χ4n) is 3.06. The molecule has 0 aromatic rings. The molecule has 0 spiro atoms. The molecule has 2 saturated carbocycles. The molecule has 8 heteroatoms. The van der Waals surface area contributed by atoms with E-state index in [0.29, 0.717) is 13.2 Å². The zero-order valence-electron chi connectivity index (χ0n) is 14.6. The molecule has 2 aliphatic rings. The monoisotopic (exact) mass is 386 g/mol. The second-order valence-electron chi connectivity index (χ2n) is 5.91. The van der Waals surface area contributed by atoms with Crippen LogP contribution >= 0.6 is 24.8 Å². The summed E-state index contributed by atoms with van der Waals surface area (Å²) in [6.07, 6.45) is 5.85. The lowest BCUT2D eigenvalue weighted by molar-refractivity contribution is -0.149. The van der Waals surface area contributed by atoms with Crippen LogP contribution in [0.5, 0.6) is 0 Å². The van der Waals surface area contributed by atoms with Crippen molar-refractivity contribution in [2.24, 2.45) is 23.3 Å². The summed E-state index contributed by atoms with van der Waals surface area (Å²) in [6, 6.07) is 0.0723. The van der Waals surface area contributed by atoms with Crippen LogP contribution in [-0.4, -0.2) is 37.2 Å². The molecule has 0 aromatic carbocycles. The van der Waals surface area contributed by atoms with Gasteiger partial charge in [0.05, 0.1) is 25.0 Å². The van der Waals surface area contributed by atoms with Crippen molar-refractivity contribution in [3.8, 4) is 0 Å². The highest BCUT2D eigenvalue weighted by atomic mass is 35.5. The van der Waals surface area contributed by atoms with Crippen molar-refractivity contribution >= 4 is 36.8 Å². The summed E-state index contributed by atoms with van der Waals surface area (Å²) < 4.78 is 9.75. The van der Waals surface area contributed by atoms with Gasteiger partial charge in [0.15, 0.2) is 0 Å². The molecule has 0 heterocycles. The van der Waals surface area contributed by atoms with Gasteiger partial charge in [-0.2, -0.15) is 0 Å². The minimum absolute atomic E-state index is 0. The highest BCUT2D eigenvalue weighted by molar-refractivity contribution is 5.85. The largest absolute Gasteiger partial charge is 0.466 e. The molecular weight excluding hydrogens is 355 g/mol. The molecule has 0 radical (unpaired) electrons. The van der Waals surface area contributed by atoms with Crippen molar-refractivity contribution in [1.82, 2.24) is 0 Å². The number of rotatable bonds is 4. The van der Waals surface area contributed by atoms with Gasteiger partial charge in [0.2, 0.25) is 0 Å². The molecule has 0 aliphatic heterocycles. The second-order valence-corrected chi connectivity index (χ2v) is 5.91. The van der Waals surface area contributed by atoms with Crippen LogP contribution in [0.4, 0.5) is 0 Å². The van der Waals surface area contributed by atoms with Crippen molar-refractivity contribution < 1.29 is 19.1 Å². The molecule has 0 bridgehead atoms. The van der Waals surface area contributed by atoms with Crippen molar-refractivity contribution in [2.45, 2.75) is 64.5 Å². The first-order chi connectivity index (χ1) is 10.5. The molecule has 0 unspecified atom stereocenters. The first-order valence-electron chi connectivity index (χ1n) is 8.35. The Balaban J connectivity index is 0. The highest BCUT2D eigenvalue weighted by Gasteiger charge is 2.31. The average Bonchev–Trinajstić information content (AvgIpc) is 3.08. The third-order valence-electron chi connectivity index (χ3n) is 4.32. The molecule has 24 heavy (non-hydrogen) atoms. The van der Waals surface area contributed by atoms with E-state index in [0.717, 1.165) is 38.5 Å². The summed E-state index contributed by atoms with van der Waals surface area (Å²) in [7, 11) is 0. The van der Waals surface area contributed by atoms with Gasteiger partial charge in [-0.25, -0.2) is 0 Å². The van der Waals surface area contributed by atoms with Crippen LogP contribution in [0.15, 0.2) is 0 Å². The Kier molecular flexibility index (Phi) is 14.7. The highest BCUT2D eigenvalue weighted by Crippen LogP contribution is 2.25. The lowest BCUT2D eigenvalue weighted by atomic mass is 10.1. The molecule has 4 atom stereocenters. The molecule has 0 amide bonds. The van der Waals surface area contributed by atoms with Gasteiger partial charge in [-0.1, -0.05) is 12.8 Å². The molecule has 2 rings (SSSR count). The summed E-state index contributed by atoms with van der Waals surface area (Å²) in [5.41, 5.74) is 11.4. The molecule has 0 aromatic heterocycles. The smallest absolute Gasteiger partial charge is 0.310 e. The Labute approximate surface area is 157 Å². The lowest BCUT2D eigenvalue weighted by Gasteiger charge is -2.12. The van der Waals surface area contributed by atoms with Gasteiger partial charge in [0, 0.05) is 12.1 Å². The summed E-state index contributed by atoms with van der Waals surface area (Å²) in [5, 5.41) is 0. The number of ether oxygens (including phenoxy) is 2. The van der Waals surface area contributed by atoms with Gasteiger partial charge in [0.25, 0.3) is 0 Å². The maximum Gasteiger partial charge on any atom is 0.310 e. The Morgan fingerprint density at radius 3 is 1.33 bits per heavy atom. The van der Waals surface area contributed by atoms with Gasteiger partial charge in [0.1, 0.15) is 0 Å². The van der Waals surface area contributed by atoms with E-state index in [4.69, 9.17) is 20.9 Å². The summed E-state index contributed by atoms with van der Waals surface area (Å²) in [4.78, 5) is 22.3. The van der Waals surface area contributed by atoms with Crippen molar-refractivity contribution in [3.05, 3.63) is 0 Å². The number of esters is 2. The maximum atomic E-state index is 11.2. The summed E-state index contributed by atoms with van der Waals surface area (Å²) >= 11 is 0. The Morgan fingerprint density at radius 1 is 0.792 bits per heavy atom. The van der Waals surface area contributed by atoms with Gasteiger partial charge >= 0.3 is 11.9 Å². The van der Waals surface area contributed by atoms with E-state index in [-0.39, 0.29) is 60.7 Å². The van der Waals surface area contributed by atoms with Gasteiger partial charge in [-0.3, -0.25) is 9.59 Å². The quantitative estimate of drug-likeness (QED) is 0.717. The molecular formula is C16H32Cl2N2O4. The topological polar surface area (TPSA) is 105 Å². The van der Waals surface area contributed by atoms with Crippen LogP contribution in [0, 0.1) is 11.8 Å². The van der Waals surface area contributed by atoms with E-state index in [1.165, 1.54) is 0 Å². The van der Waals surface area contributed by atoms with E-state index in [9.17, 15) is 9.59 Å². The minimum atomic E-state index is -0.113. The number of carbonyl (C=O) groups excluding carboxylic acids is 2. The van der Waals surface area contributed by atoms with Crippen molar-refractivity contribution in [2.75, 3.05) is 13.2 Å². The number of halogens is 2. The zero-order valence-corrected chi connectivity index (χ0v) is 16.2. The van der Waals surface area contributed by atoms with Crippen LogP contribution in [0.3, 0.4) is 0 Å². The Hall–Kier alpha value is -0.560. The third-order valence-corrected chi connectivity index (χ3v) is 4.32. The predicted molar refractivity (Wildman–Crippen MR) is 98.4 cm³/mol. The van der Waals surface area contributed by atoms with E-state index >= 15 is 0 Å². The van der Waals surface area contributed by atoms with E-state index < -0.39 is 0 Å². The Bertz CT molecular complexity index is 338. The molecule has 2 aliphatic carbocycles. The van der Waals surface area contributed by atoms with Crippen molar-refractivity contribution in [1.29, 1.82) is 0 Å². The van der Waals surface area contributed by atoms with Crippen LogP contribution in [0.25, 0.3) is 0 Å². The zero-order chi connectivity index (χ0) is 16.5. The minimum Gasteiger partial charge on any atom is -0.466 e. The van der Waals surface area contributed by atoms with Crippen molar-refractivity contribution in [3.63, 3.8) is 0 Å². The summed E-state index contributed by atoms with van der Waals surface area (Å²) in [5.74, 6) is -0.292. The molecule has 2 fully saturated rings. The molecule has 144 valence electrons. The standard InChI is InChI=1S/2C8H15NO2.2ClH/c2*1-2-11-8(10)6-4-3-5-7(6)9;;/h2*6-7H,2-5,9H2,1H3;2*1H/t2*6-,7-;;/m10../s1. The van der Waals surface area contributed by atoms with Crippen LogP contribution < -0.4 is 11.5 Å². The second kappa shape index (κ2) is 13.7. The van der Waals surface area contributed by atoms with E-state index in [1.54, 1.807) is 0 Å². The number of carbonyl (C=O) groups is 2. The third kappa shape index (κ3) is 8.01. The predicted octanol–water partition coefficient (Wildman–Crippen LogP) is 2.20. The van der Waals surface area contributed by atoms with Crippen LogP contribution in [0.2, 0.25) is 0 Å². The SMILES string of the molecule is CCOC(=O)[C@@H]1CCC[C@H]1N.CCOC(=O)[C@H]1CCC[C@@H]1N.Cl.Cl. The number of hydrogen-bond donors (Lipinski definition) is 2. The van der Waals surface area contributed by atoms with Gasteiger partial charge < -0.3 is 20.9 Å². The van der Waals surface area contributed by atoms with E-state index in [1.807, 2.05) is 13.8 Å². The normalized spacial score (nSPS) is 27.8. The number of hydrogen-bond acceptors (Lipinski definition) is 6. The molecule has 0 saturated heterocycles. The molecule has 4 N–H and O–H groups in total. The fourth-order valence-corrected chi connectivity index (χ4v) is 3.06. The van der Waals surface area contributed by atoms with E-state index in [2.05, 4.69) is 0 Å². The van der Waals surface area contributed by atoms with Crippen LogP contribution in [-0.2, 0) is 19.1 Å². The summed E-state index contributed by atoms with van der Waals surface area (Å²) in [6.45, 7) is 4.56. The average molecular weight is 387 g/mol. The van der Waals surface area contributed by atoms with Crippen LogP contribution in [0.1, 0.15) is 52.4 Å². The molecule has 6 nitrogen and oxygen atoms in total. The first-order valence-corrected chi connectivity index (χ1v) is 8.35. The lowest BCUT2D eigenvalue weighted by Crippen LogP contribution is -2.31. The van der Waals surface area contributed by atoms with Gasteiger partial charge in [-0.05, 0) is 39.5 Å². The Morgan fingerprint density at radius 2 is 1.12 bits per heavy atom. The maximum absolute atomic E-state index is 11.2. The number of nitrogens with two attached hydrogens (primary N) is 2. The first kappa shape index (κ1) is 25.7.